The van der Waals surface area contributed by atoms with Crippen molar-refractivity contribution in [2.75, 3.05) is 4.90 Å². The smallest absolute Gasteiger partial charge is 0.235 e. The maximum Gasteiger partial charge on any atom is 0.235 e. The first-order valence-electron chi connectivity index (χ1n) is 8.83. The molecule has 1 aliphatic heterocycles. The molecule has 0 bridgehead atoms. The number of benzene rings is 3. The van der Waals surface area contributed by atoms with Crippen molar-refractivity contribution in [3.63, 3.8) is 0 Å². The topological polar surface area (TPSA) is 20.3 Å². The molecule has 0 saturated carbocycles. The van der Waals surface area contributed by atoms with Gasteiger partial charge < -0.3 is 4.90 Å². The Morgan fingerprint density at radius 1 is 0.962 bits per heavy atom. The molecule has 1 atom stereocenters. The number of aryl methyl sites for hydroxylation is 1. The lowest BCUT2D eigenvalue weighted by Gasteiger charge is -2.18. The van der Waals surface area contributed by atoms with Crippen molar-refractivity contribution in [1.29, 1.82) is 0 Å². The Bertz CT molecular complexity index is 951. The fourth-order valence-corrected chi connectivity index (χ4v) is 4.10. The highest BCUT2D eigenvalue weighted by molar-refractivity contribution is 9.10. The number of rotatable bonds is 4. The maximum absolute atomic E-state index is 13.3. The standard InChI is InChI=1S/C23H20BrNO/c1-16-11-12-22-19(13-16)20(14-18-9-5-6-10-21(18)24)23(26)25(22)15-17-7-3-2-4-8-17/h2-13,20H,14-15H2,1H3. The fourth-order valence-electron chi connectivity index (χ4n) is 3.65. The zero-order chi connectivity index (χ0) is 18.1. The van der Waals surface area contributed by atoms with Gasteiger partial charge in [0.2, 0.25) is 5.91 Å². The molecule has 4 rings (SSSR count). The number of amides is 1. The van der Waals surface area contributed by atoms with Gasteiger partial charge in [0.25, 0.3) is 0 Å². The van der Waals surface area contributed by atoms with Gasteiger partial charge in [-0.1, -0.05) is 82.2 Å². The predicted molar refractivity (Wildman–Crippen MR) is 109 cm³/mol. The van der Waals surface area contributed by atoms with E-state index in [4.69, 9.17) is 0 Å². The van der Waals surface area contributed by atoms with Crippen LogP contribution in [-0.4, -0.2) is 5.91 Å². The summed E-state index contributed by atoms with van der Waals surface area (Å²) in [6, 6.07) is 24.7. The molecule has 0 spiro atoms. The summed E-state index contributed by atoms with van der Waals surface area (Å²) in [5.74, 6) is 0.0533. The molecule has 3 aromatic rings. The Balaban J connectivity index is 1.71. The molecular formula is C23H20BrNO. The Labute approximate surface area is 162 Å². The summed E-state index contributed by atoms with van der Waals surface area (Å²) in [5, 5.41) is 0. The van der Waals surface area contributed by atoms with Crippen LogP contribution >= 0.6 is 15.9 Å². The normalized spacial score (nSPS) is 16.0. The molecule has 3 aromatic carbocycles. The Morgan fingerprint density at radius 2 is 1.69 bits per heavy atom. The Morgan fingerprint density at radius 3 is 2.46 bits per heavy atom. The molecule has 0 saturated heterocycles. The maximum atomic E-state index is 13.3. The number of carbonyl (C=O) groups excluding carboxylic acids is 1. The third-order valence-corrected chi connectivity index (χ3v) is 5.75. The average Bonchev–Trinajstić information content (AvgIpc) is 2.89. The van der Waals surface area contributed by atoms with Gasteiger partial charge in [0.15, 0.2) is 0 Å². The molecule has 26 heavy (non-hydrogen) atoms. The van der Waals surface area contributed by atoms with Crippen LogP contribution in [-0.2, 0) is 17.8 Å². The van der Waals surface area contributed by atoms with Crippen molar-refractivity contribution in [1.82, 2.24) is 0 Å². The van der Waals surface area contributed by atoms with Gasteiger partial charge in [-0.25, -0.2) is 0 Å². The zero-order valence-corrected chi connectivity index (χ0v) is 16.2. The molecule has 1 aliphatic rings. The third kappa shape index (κ3) is 3.19. The summed E-state index contributed by atoms with van der Waals surface area (Å²) in [4.78, 5) is 15.2. The summed E-state index contributed by atoms with van der Waals surface area (Å²) in [7, 11) is 0. The van der Waals surface area contributed by atoms with Gasteiger partial charge in [0.05, 0.1) is 12.5 Å². The lowest BCUT2D eigenvalue weighted by atomic mass is 9.92. The minimum Gasteiger partial charge on any atom is -0.307 e. The van der Waals surface area contributed by atoms with Gasteiger partial charge in [-0.3, -0.25) is 4.79 Å². The summed E-state index contributed by atoms with van der Waals surface area (Å²) >= 11 is 3.62. The lowest BCUT2D eigenvalue weighted by molar-refractivity contribution is -0.119. The molecule has 0 aromatic heterocycles. The van der Waals surface area contributed by atoms with Crippen molar-refractivity contribution in [3.05, 3.63) is 99.5 Å². The number of nitrogens with zero attached hydrogens (tertiary/aromatic N) is 1. The molecule has 1 unspecified atom stereocenters. The van der Waals surface area contributed by atoms with Crippen LogP contribution in [0.5, 0.6) is 0 Å². The van der Waals surface area contributed by atoms with Gasteiger partial charge >= 0.3 is 0 Å². The van der Waals surface area contributed by atoms with Crippen LogP contribution < -0.4 is 4.90 Å². The van der Waals surface area contributed by atoms with E-state index in [0.717, 1.165) is 21.3 Å². The van der Waals surface area contributed by atoms with Crippen LogP contribution in [0, 0.1) is 6.92 Å². The van der Waals surface area contributed by atoms with Crippen molar-refractivity contribution >= 4 is 27.5 Å². The van der Waals surface area contributed by atoms with Gasteiger partial charge in [-0.15, -0.1) is 0 Å². The largest absolute Gasteiger partial charge is 0.307 e. The van der Waals surface area contributed by atoms with Gasteiger partial charge in [-0.05, 0) is 42.2 Å². The first kappa shape index (κ1) is 17.0. The fraction of sp³-hybridized carbons (Fsp3) is 0.174. The van der Waals surface area contributed by atoms with Crippen molar-refractivity contribution in [2.24, 2.45) is 0 Å². The number of anilines is 1. The molecule has 1 amide bonds. The van der Waals surface area contributed by atoms with E-state index in [2.05, 4.69) is 59.3 Å². The molecule has 0 N–H and O–H groups in total. The second kappa shape index (κ2) is 7.08. The molecule has 0 aliphatic carbocycles. The van der Waals surface area contributed by atoms with Crippen molar-refractivity contribution in [3.8, 4) is 0 Å². The summed E-state index contributed by atoms with van der Waals surface area (Å²) < 4.78 is 1.06. The van der Waals surface area contributed by atoms with Gasteiger partial charge in [-0.2, -0.15) is 0 Å². The highest BCUT2D eigenvalue weighted by Crippen LogP contribution is 2.41. The number of hydrogen-bond acceptors (Lipinski definition) is 1. The second-order valence-corrected chi connectivity index (χ2v) is 7.67. The van der Waals surface area contributed by atoms with Crippen molar-refractivity contribution in [2.45, 2.75) is 25.8 Å². The van der Waals surface area contributed by atoms with Crippen LogP contribution in [0.3, 0.4) is 0 Å². The summed E-state index contributed by atoms with van der Waals surface area (Å²) in [5.41, 5.74) is 5.69. The van der Waals surface area contributed by atoms with E-state index in [1.165, 1.54) is 11.1 Å². The molecule has 2 nitrogen and oxygen atoms in total. The molecule has 3 heteroatoms. The Kier molecular flexibility index (Phi) is 4.64. The van der Waals surface area contributed by atoms with E-state index in [0.29, 0.717) is 13.0 Å². The van der Waals surface area contributed by atoms with E-state index < -0.39 is 0 Å². The predicted octanol–water partition coefficient (Wildman–Crippen LogP) is 5.63. The van der Waals surface area contributed by atoms with E-state index in [-0.39, 0.29) is 11.8 Å². The van der Waals surface area contributed by atoms with Crippen LogP contribution in [0.15, 0.2) is 77.3 Å². The zero-order valence-electron chi connectivity index (χ0n) is 14.7. The van der Waals surface area contributed by atoms with E-state index in [9.17, 15) is 4.79 Å². The first-order chi connectivity index (χ1) is 12.6. The first-order valence-corrected chi connectivity index (χ1v) is 9.62. The van der Waals surface area contributed by atoms with Crippen LogP contribution in [0.4, 0.5) is 5.69 Å². The lowest BCUT2D eigenvalue weighted by Crippen LogP contribution is -2.29. The van der Waals surface area contributed by atoms with Gasteiger partial charge in [0, 0.05) is 10.2 Å². The highest BCUT2D eigenvalue weighted by Gasteiger charge is 2.37. The molecule has 130 valence electrons. The minimum atomic E-state index is -0.132. The SMILES string of the molecule is Cc1ccc2c(c1)C(Cc1ccccc1Br)C(=O)N2Cc1ccccc1. The third-order valence-electron chi connectivity index (χ3n) is 4.98. The Hall–Kier alpha value is -2.39. The van der Waals surface area contributed by atoms with Gasteiger partial charge in [0.1, 0.15) is 0 Å². The van der Waals surface area contributed by atoms with Crippen LogP contribution in [0.25, 0.3) is 0 Å². The van der Waals surface area contributed by atoms with E-state index in [1.807, 2.05) is 41.3 Å². The number of halogens is 1. The second-order valence-electron chi connectivity index (χ2n) is 6.82. The molecule has 0 radical (unpaired) electrons. The van der Waals surface area contributed by atoms with E-state index in [1.54, 1.807) is 0 Å². The quantitative estimate of drug-likeness (QED) is 0.550. The average molecular weight is 406 g/mol. The molecule has 1 heterocycles. The molecule has 0 fully saturated rings. The van der Waals surface area contributed by atoms with Crippen molar-refractivity contribution < 1.29 is 4.79 Å². The number of fused-ring (bicyclic) bond motifs is 1. The highest BCUT2D eigenvalue weighted by atomic mass is 79.9. The minimum absolute atomic E-state index is 0.132. The monoisotopic (exact) mass is 405 g/mol. The van der Waals surface area contributed by atoms with E-state index >= 15 is 0 Å². The number of hydrogen-bond donors (Lipinski definition) is 0. The number of carbonyl (C=O) groups is 1. The van der Waals surface area contributed by atoms with Crippen LogP contribution in [0.2, 0.25) is 0 Å². The molecular weight excluding hydrogens is 386 g/mol. The summed E-state index contributed by atoms with van der Waals surface area (Å²) in [6.45, 7) is 2.70. The van der Waals surface area contributed by atoms with Crippen LogP contribution in [0.1, 0.15) is 28.2 Å². The summed E-state index contributed by atoms with van der Waals surface area (Å²) in [6.07, 6.45) is 0.710.